The van der Waals surface area contributed by atoms with Crippen LogP contribution in [0.2, 0.25) is 0 Å². The van der Waals surface area contributed by atoms with Gasteiger partial charge in [0.05, 0.1) is 6.16 Å². The van der Waals surface area contributed by atoms with Gasteiger partial charge in [-0.15, -0.1) is 0 Å². The van der Waals surface area contributed by atoms with Crippen LogP contribution in [0.15, 0.2) is 66.7 Å². The van der Waals surface area contributed by atoms with E-state index in [1.807, 2.05) is 42.5 Å². The number of hydrogen-bond acceptors (Lipinski definition) is 3. The molecule has 3 rings (SSSR count). The summed E-state index contributed by atoms with van der Waals surface area (Å²) in [6, 6.07) is 18.6. The summed E-state index contributed by atoms with van der Waals surface area (Å²) in [7, 11) is -4.33. The van der Waals surface area contributed by atoms with Crippen molar-refractivity contribution in [3.8, 4) is 0 Å². The number of rotatable bonds is 6. The van der Waals surface area contributed by atoms with Gasteiger partial charge in [0.15, 0.2) is 0 Å². The van der Waals surface area contributed by atoms with E-state index in [-0.39, 0.29) is 0 Å². The maximum atomic E-state index is 11.7. The Morgan fingerprint density at radius 2 is 1.59 bits per heavy atom. The minimum atomic E-state index is -4.33. The van der Waals surface area contributed by atoms with Crippen LogP contribution in [0.1, 0.15) is 22.6 Å². The third kappa shape index (κ3) is 4.43. The van der Waals surface area contributed by atoms with Gasteiger partial charge in [0.1, 0.15) is 6.04 Å². The van der Waals surface area contributed by atoms with Gasteiger partial charge in [0.25, 0.3) is 0 Å². The molecule has 3 aromatic rings. The number of nitrogens with two attached hydrogens (primary N) is 1. The summed E-state index contributed by atoms with van der Waals surface area (Å²) >= 11 is 0. The van der Waals surface area contributed by atoms with Crippen molar-refractivity contribution in [3.05, 3.63) is 83.4 Å². The fraction of sp³-hybridized carbons (Fsp3) is 0.150. The van der Waals surface area contributed by atoms with Crippen LogP contribution in [0.3, 0.4) is 0 Å². The minimum absolute atomic E-state index is 0.390. The highest BCUT2D eigenvalue weighted by molar-refractivity contribution is 7.50. The van der Waals surface area contributed by atoms with Gasteiger partial charge < -0.3 is 20.6 Å². The highest BCUT2D eigenvalue weighted by Gasteiger charge is 2.30. The Morgan fingerprint density at radius 1 is 0.963 bits per heavy atom. The van der Waals surface area contributed by atoms with Crippen molar-refractivity contribution in [2.45, 2.75) is 18.1 Å². The molecule has 27 heavy (non-hydrogen) atoms. The van der Waals surface area contributed by atoms with E-state index in [1.165, 1.54) is 0 Å². The molecule has 2 atom stereocenters. The van der Waals surface area contributed by atoms with Crippen LogP contribution < -0.4 is 5.73 Å². The summed E-state index contributed by atoms with van der Waals surface area (Å²) in [5.41, 5.74) is 7.59. The summed E-state index contributed by atoms with van der Waals surface area (Å²) < 4.78 is 11.5. The number of hydrogen-bond donors (Lipinski definition) is 4. The van der Waals surface area contributed by atoms with Crippen LogP contribution in [0.5, 0.6) is 0 Å². The smallest absolute Gasteiger partial charge is 0.329 e. The highest BCUT2D eigenvalue weighted by atomic mass is 31.2. The molecule has 0 bridgehead atoms. The monoisotopic (exact) mass is 385 g/mol. The largest absolute Gasteiger partial charge is 0.480 e. The predicted molar refractivity (Wildman–Crippen MR) is 104 cm³/mol. The summed E-state index contributed by atoms with van der Waals surface area (Å²) in [5, 5.41) is 11.5. The molecule has 1 unspecified atom stereocenters. The average molecular weight is 385 g/mol. The average Bonchev–Trinajstić information content (AvgIpc) is 2.62. The van der Waals surface area contributed by atoms with Crippen molar-refractivity contribution in [2.24, 2.45) is 5.73 Å². The van der Waals surface area contributed by atoms with Gasteiger partial charge >= 0.3 is 13.6 Å². The third-order valence-corrected chi connectivity index (χ3v) is 5.30. The molecule has 0 amide bonds. The van der Waals surface area contributed by atoms with E-state index in [1.54, 1.807) is 24.3 Å². The molecule has 0 heterocycles. The van der Waals surface area contributed by atoms with Gasteiger partial charge in [0.2, 0.25) is 0 Å². The standard InChI is InChI=1S/C20H20NO5P/c21-19(20(22)23)18(15-10-9-13-5-1-2-6-14(13)11-15)17-8-4-3-7-16(17)12-27(24,25)26/h1-11,18-19H,12,21H2,(H,22,23)(H2,24,25,26)/t18?,19-/m0/s1. The molecule has 140 valence electrons. The molecule has 0 aromatic heterocycles. The van der Waals surface area contributed by atoms with Crippen LogP contribution in [-0.4, -0.2) is 26.9 Å². The first-order chi connectivity index (χ1) is 12.8. The van der Waals surface area contributed by atoms with E-state index in [9.17, 15) is 24.3 Å². The molecule has 3 aromatic carbocycles. The first-order valence-electron chi connectivity index (χ1n) is 8.36. The van der Waals surface area contributed by atoms with E-state index in [2.05, 4.69) is 0 Å². The molecule has 0 aliphatic heterocycles. The minimum Gasteiger partial charge on any atom is -0.480 e. The highest BCUT2D eigenvalue weighted by Crippen LogP contribution is 2.42. The van der Waals surface area contributed by atoms with E-state index >= 15 is 0 Å². The Bertz CT molecular complexity index is 1030. The molecule has 0 saturated heterocycles. The number of fused-ring (bicyclic) bond motifs is 1. The zero-order chi connectivity index (χ0) is 19.6. The molecule has 0 spiro atoms. The Balaban J connectivity index is 2.17. The van der Waals surface area contributed by atoms with Crippen molar-refractivity contribution >= 4 is 24.3 Å². The lowest BCUT2D eigenvalue weighted by Gasteiger charge is -2.25. The van der Waals surface area contributed by atoms with E-state index in [0.29, 0.717) is 16.7 Å². The Labute approximate surface area is 156 Å². The Morgan fingerprint density at radius 3 is 2.26 bits per heavy atom. The third-order valence-electron chi connectivity index (χ3n) is 4.54. The maximum Gasteiger partial charge on any atom is 0.329 e. The van der Waals surface area contributed by atoms with Crippen molar-refractivity contribution in [3.63, 3.8) is 0 Å². The van der Waals surface area contributed by atoms with Crippen molar-refractivity contribution in [1.29, 1.82) is 0 Å². The van der Waals surface area contributed by atoms with Gasteiger partial charge in [-0.3, -0.25) is 9.36 Å². The van der Waals surface area contributed by atoms with Gasteiger partial charge in [0, 0.05) is 5.92 Å². The number of benzene rings is 3. The number of aliphatic carboxylic acids is 1. The topological polar surface area (TPSA) is 121 Å². The van der Waals surface area contributed by atoms with Crippen LogP contribution in [0, 0.1) is 0 Å². The molecule has 5 N–H and O–H groups in total. The molecule has 0 saturated carbocycles. The summed E-state index contributed by atoms with van der Waals surface area (Å²) in [6.07, 6.45) is -0.473. The molecule has 6 nitrogen and oxygen atoms in total. The fourth-order valence-corrected chi connectivity index (χ4v) is 4.06. The van der Waals surface area contributed by atoms with Crippen LogP contribution in [0.25, 0.3) is 10.8 Å². The van der Waals surface area contributed by atoms with Crippen LogP contribution in [0.4, 0.5) is 0 Å². The SMILES string of the molecule is N[C@H](C(=O)O)C(c1ccc2ccccc2c1)c1ccccc1CP(=O)(O)O. The van der Waals surface area contributed by atoms with Gasteiger partial charge in [-0.05, 0) is 27.5 Å². The Kier molecular flexibility index (Phi) is 5.44. The van der Waals surface area contributed by atoms with Gasteiger partial charge in [-0.2, -0.15) is 0 Å². The van der Waals surface area contributed by atoms with Crippen LogP contribution >= 0.6 is 7.60 Å². The lowest BCUT2D eigenvalue weighted by atomic mass is 9.82. The predicted octanol–water partition coefficient (Wildman–Crippen LogP) is 3.06. The zero-order valence-corrected chi connectivity index (χ0v) is 15.3. The van der Waals surface area contributed by atoms with E-state index < -0.39 is 31.7 Å². The summed E-state index contributed by atoms with van der Waals surface area (Å²) in [4.78, 5) is 30.5. The van der Waals surface area contributed by atoms with Crippen molar-refractivity contribution < 1.29 is 24.3 Å². The molecular weight excluding hydrogens is 365 g/mol. The first-order valence-corrected chi connectivity index (χ1v) is 10.2. The lowest BCUT2D eigenvalue weighted by molar-refractivity contribution is -0.138. The molecule has 0 aliphatic rings. The first kappa shape index (κ1) is 19.3. The second kappa shape index (κ2) is 7.62. The maximum absolute atomic E-state index is 11.7. The molecule has 0 aliphatic carbocycles. The van der Waals surface area contributed by atoms with Gasteiger partial charge in [-0.25, -0.2) is 0 Å². The van der Waals surface area contributed by atoms with E-state index in [4.69, 9.17) is 5.73 Å². The zero-order valence-electron chi connectivity index (χ0n) is 14.4. The quantitative estimate of drug-likeness (QED) is 0.484. The van der Waals surface area contributed by atoms with Crippen molar-refractivity contribution in [2.75, 3.05) is 0 Å². The summed E-state index contributed by atoms with van der Waals surface area (Å²) in [6.45, 7) is 0. The molecule has 0 fully saturated rings. The molecular formula is C20H20NO5P. The number of carboxylic acids is 1. The van der Waals surface area contributed by atoms with Gasteiger partial charge in [-0.1, -0.05) is 66.7 Å². The second-order valence-corrected chi connectivity index (χ2v) is 8.12. The molecule has 0 radical (unpaired) electrons. The number of carboxylic acid groups (broad SMARTS) is 1. The summed E-state index contributed by atoms with van der Waals surface area (Å²) in [5.74, 6) is -1.92. The fourth-order valence-electron chi connectivity index (χ4n) is 3.33. The van der Waals surface area contributed by atoms with E-state index in [0.717, 1.165) is 10.8 Å². The normalized spacial score (nSPS) is 14.0. The van der Waals surface area contributed by atoms with Crippen LogP contribution in [-0.2, 0) is 15.5 Å². The molecule has 7 heteroatoms. The van der Waals surface area contributed by atoms with Crippen molar-refractivity contribution in [1.82, 2.24) is 0 Å². The Hall–Kier alpha value is -2.50. The number of carbonyl (C=O) groups is 1. The lowest BCUT2D eigenvalue weighted by Crippen LogP contribution is -2.37. The second-order valence-electron chi connectivity index (χ2n) is 6.47.